The zero-order chi connectivity index (χ0) is 15.8. The normalized spacial score (nSPS) is 13.0. The van der Waals surface area contributed by atoms with Crippen LogP contribution in [0.25, 0.3) is 0 Å². The molecule has 0 aliphatic heterocycles. The summed E-state index contributed by atoms with van der Waals surface area (Å²) in [6, 6.07) is 11.1. The number of nitrogens with zero attached hydrogens (tertiary/aromatic N) is 1. The third kappa shape index (κ3) is 5.09. The summed E-state index contributed by atoms with van der Waals surface area (Å²) in [5, 5.41) is 16.9. The average molecular weight is 322 g/mol. The Balaban J connectivity index is 1.92. The third-order valence-corrected chi connectivity index (χ3v) is 3.22. The first kappa shape index (κ1) is 16.4. The summed E-state index contributed by atoms with van der Waals surface area (Å²) < 4.78 is 5.17. The van der Waals surface area contributed by atoms with Crippen LogP contribution in [-0.2, 0) is 6.54 Å². The van der Waals surface area contributed by atoms with Crippen LogP contribution in [0.3, 0.4) is 0 Å². The van der Waals surface area contributed by atoms with Gasteiger partial charge in [0.25, 0.3) is 0 Å². The van der Waals surface area contributed by atoms with E-state index in [0.717, 1.165) is 12.1 Å². The van der Waals surface area contributed by atoms with E-state index in [1.54, 1.807) is 12.1 Å². The fourth-order valence-electron chi connectivity index (χ4n) is 1.92. The largest absolute Gasteiger partial charge is 0.467 e. The van der Waals surface area contributed by atoms with E-state index in [4.69, 9.17) is 16.0 Å². The number of guanidine groups is 1. The number of aliphatic imine (C=N–C) groups is 1. The van der Waals surface area contributed by atoms with Crippen molar-refractivity contribution in [1.29, 1.82) is 0 Å². The summed E-state index contributed by atoms with van der Waals surface area (Å²) in [4.78, 5) is 4.47. The van der Waals surface area contributed by atoms with E-state index in [0.29, 0.717) is 29.8 Å². The van der Waals surface area contributed by atoms with Crippen molar-refractivity contribution in [3.05, 3.63) is 59.0 Å². The van der Waals surface area contributed by atoms with E-state index in [2.05, 4.69) is 15.6 Å². The summed E-state index contributed by atoms with van der Waals surface area (Å²) in [5.41, 5.74) is 1.02. The van der Waals surface area contributed by atoms with Gasteiger partial charge in [0.15, 0.2) is 5.96 Å². The van der Waals surface area contributed by atoms with Gasteiger partial charge in [-0.3, -0.25) is 0 Å². The van der Waals surface area contributed by atoms with Crippen LogP contribution in [0.1, 0.15) is 24.4 Å². The van der Waals surface area contributed by atoms with Gasteiger partial charge < -0.3 is 20.2 Å². The molecule has 118 valence electrons. The molecule has 1 aromatic heterocycles. The number of furan rings is 1. The molecule has 2 aromatic rings. The molecule has 3 N–H and O–H groups in total. The number of aliphatic hydroxyl groups excluding tert-OH is 1. The summed E-state index contributed by atoms with van der Waals surface area (Å²) in [6.07, 6.45) is 0.821. The van der Waals surface area contributed by atoms with Crippen molar-refractivity contribution in [1.82, 2.24) is 10.6 Å². The lowest BCUT2D eigenvalue weighted by atomic mass is 10.2. The van der Waals surface area contributed by atoms with Gasteiger partial charge in [0, 0.05) is 11.6 Å². The Morgan fingerprint density at radius 1 is 1.32 bits per heavy atom. The van der Waals surface area contributed by atoms with Crippen molar-refractivity contribution in [3.63, 3.8) is 0 Å². The number of aliphatic hydroxyl groups is 1. The first-order valence-corrected chi connectivity index (χ1v) is 7.55. The Bertz CT molecular complexity index is 599. The Labute approximate surface area is 135 Å². The van der Waals surface area contributed by atoms with Crippen molar-refractivity contribution in [2.75, 3.05) is 13.1 Å². The summed E-state index contributed by atoms with van der Waals surface area (Å²) >= 11 is 5.96. The van der Waals surface area contributed by atoms with Gasteiger partial charge in [-0.05, 0) is 36.8 Å². The van der Waals surface area contributed by atoms with Crippen LogP contribution in [0.4, 0.5) is 0 Å². The molecule has 1 atom stereocenters. The lowest BCUT2D eigenvalue weighted by molar-refractivity contribution is 0.153. The van der Waals surface area contributed by atoms with Gasteiger partial charge in [0.05, 0.1) is 19.4 Å². The van der Waals surface area contributed by atoms with E-state index in [1.807, 2.05) is 31.2 Å². The molecule has 0 radical (unpaired) electrons. The second-order valence-electron chi connectivity index (χ2n) is 4.74. The van der Waals surface area contributed by atoms with E-state index < -0.39 is 6.10 Å². The van der Waals surface area contributed by atoms with E-state index >= 15 is 0 Å². The second-order valence-corrected chi connectivity index (χ2v) is 5.17. The topological polar surface area (TPSA) is 69.8 Å². The molecule has 0 fully saturated rings. The minimum atomic E-state index is -0.718. The Morgan fingerprint density at radius 3 is 2.86 bits per heavy atom. The Hall–Kier alpha value is -1.98. The van der Waals surface area contributed by atoms with Gasteiger partial charge in [-0.2, -0.15) is 0 Å². The van der Waals surface area contributed by atoms with Crippen LogP contribution >= 0.6 is 11.6 Å². The molecule has 0 saturated carbocycles. The van der Waals surface area contributed by atoms with Crippen molar-refractivity contribution in [2.45, 2.75) is 19.6 Å². The van der Waals surface area contributed by atoms with Gasteiger partial charge in [-0.1, -0.05) is 23.7 Å². The Kier molecular flexibility index (Phi) is 6.30. The van der Waals surface area contributed by atoms with Gasteiger partial charge in [-0.15, -0.1) is 0 Å². The van der Waals surface area contributed by atoms with Gasteiger partial charge in [0.2, 0.25) is 0 Å². The highest BCUT2D eigenvalue weighted by molar-refractivity contribution is 6.30. The molecule has 0 spiro atoms. The Morgan fingerprint density at radius 2 is 2.18 bits per heavy atom. The minimum Gasteiger partial charge on any atom is -0.467 e. The molecule has 0 saturated heterocycles. The second kappa shape index (κ2) is 8.46. The number of hydrogen-bond donors (Lipinski definition) is 3. The van der Waals surface area contributed by atoms with Crippen LogP contribution in [0, 0.1) is 0 Å². The number of rotatable bonds is 6. The van der Waals surface area contributed by atoms with Crippen LogP contribution in [-0.4, -0.2) is 24.2 Å². The van der Waals surface area contributed by atoms with E-state index in [1.165, 1.54) is 6.26 Å². The van der Waals surface area contributed by atoms with E-state index in [-0.39, 0.29) is 0 Å². The number of benzene rings is 1. The standard InChI is InChI=1S/C16H20ClN3O2/c1-2-18-16(19-10-12-5-3-6-13(17)9-12)20-11-14(21)15-7-4-8-22-15/h3-9,14,21H,2,10-11H2,1H3,(H2,18,19,20). The SMILES string of the molecule is CCNC(=NCc1cccc(Cl)c1)NCC(O)c1ccco1. The molecule has 5 nitrogen and oxygen atoms in total. The maximum absolute atomic E-state index is 9.99. The number of nitrogens with one attached hydrogen (secondary N) is 2. The molecule has 0 aliphatic carbocycles. The van der Waals surface area contributed by atoms with Crippen LogP contribution in [0.5, 0.6) is 0 Å². The summed E-state index contributed by atoms with van der Waals surface area (Å²) in [5.74, 6) is 1.16. The molecule has 1 unspecified atom stereocenters. The van der Waals surface area contributed by atoms with Gasteiger partial charge in [0.1, 0.15) is 11.9 Å². The molecule has 0 amide bonds. The zero-order valence-corrected chi connectivity index (χ0v) is 13.2. The smallest absolute Gasteiger partial charge is 0.191 e. The molecule has 0 aliphatic rings. The van der Waals surface area contributed by atoms with Gasteiger partial charge in [-0.25, -0.2) is 4.99 Å². The maximum atomic E-state index is 9.99. The monoisotopic (exact) mass is 321 g/mol. The van der Waals surface area contributed by atoms with Crippen LogP contribution in [0.2, 0.25) is 5.02 Å². The highest BCUT2D eigenvalue weighted by atomic mass is 35.5. The molecule has 22 heavy (non-hydrogen) atoms. The average Bonchev–Trinajstić information content (AvgIpc) is 3.04. The third-order valence-electron chi connectivity index (χ3n) is 2.99. The van der Waals surface area contributed by atoms with Crippen molar-refractivity contribution in [3.8, 4) is 0 Å². The molecule has 6 heteroatoms. The van der Waals surface area contributed by atoms with Gasteiger partial charge >= 0.3 is 0 Å². The highest BCUT2D eigenvalue weighted by Gasteiger charge is 2.10. The quantitative estimate of drug-likeness (QED) is 0.565. The maximum Gasteiger partial charge on any atom is 0.191 e. The number of hydrogen-bond acceptors (Lipinski definition) is 3. The van der Waals surface area contributed by atoms with E-state index in [9.17, 15) is 5.11 Å². The van der Waals surface area contributed by atoms with Crippen molar-refractivity contribution in [2.24, 2.45) is 4.99 Å². The molecular formula is C16H20ClN3O2. The lowest BCUT2D eigenvalue weighted by Gasteiger charge is -2.14. The first-order valence-electron chi connectivity index (χ1n) is 7.17. The van der Waals surface area contributed by atoms with Crippen LogP contribution < -0.4 is 10.6 Å². The molecular weight excluding hydrogens is 302 g/mol. The lowest BCUT2D eigenvalue weighted by Crippen LogP contribution is -2.39. The first-order chi connectivity index (χ1) is 10.7. The molecule has 1 aromatic carbocycles. The molecule has 2 rings (SSSR count). The highest BCUT2D eigenvalue weighted by Crippen LogP contribution is 2.12. The molecule has 1 heterocycles. The molecule has 0 bridgehead atoms. The fourth-order valence-corrected chi connectivity index (χ4v) is 2.14. The summed E-state index contributed by atoms with van der Waals surface area (Å²) in [7, 11) is 0. The minimum absolute atomic E-state index is 0.314. The van der Waals surface area contributed by atoms with Crippen molar-refractivity contribution < 1.29 is 9.52 Å². The fraction of sp³-hybridized carbons (Fsp3) is 0.312. The zero-order valence-electron chi connectivity index (χ0n) is 12.4. The predicted octanol–water partition coefficient (Wildman–Crippen LogP) is 2.72. The van der Waals surface area contributed by atoms with Crippen molar-refractivity contribution >= 4 is 17.6 Å². The van der Waals surface area contributed by atoms with Crippen LogP contribution in [0.15, 0.2) is 52.1 Å². The summed E-state index contributed by atoms with van der Waals surface area (Å²) in [6.45, 7) is 3.54. The predicted molar refractivity (Wildman–Crippen MR) is 87.9 cm³/mol. The number of halogens is 1.